The van der Waals surface area contributed by atoms with Gasteiger partial charge in [0.2, 0.25) is 0 Å². The molecule has 0 fully saturated rings. The third-order valence-electron chi connectivity index (χ3n) is 2.80. The zero-order valence-electron chi connectivity index (χ0n) is 11.2. The summed E-state index contributed by atoms with van der Waals surface area (Å²) in [5.41, 5.74) is 0.286. The predicted octanol–water partition coefficient (Wildman–Crippen LogP) is 2.76. The molecule has 0 bridgehead atoms. The van der Waals surface area contributed by atoms with Crippen LogP contribution in [-0.4, -0.2) is 21.0 Å². The Balaban J connectivity index is 2.17. The number of nitrogens with one attached hydrogen (secondary N) is 1. The molecule has 0 unspecified atom stereocenters. The summed E-state index contributed by atoms with van der Waals surface area (Å²) in [6, 6.07) is 7.78. The number of hydrogen-bond donors (Lipinski definition) is 2. The van der Waals surface area contributed by atoms with Crippen molar-refractivity contribution >= 4 is 33.7 Å². The number of aryl methyl sites for hydroxylation is 1. The van der Waals surface area contributed by atoms with E-state index in [9.17, 15) is 9.59 Å². The molecule has 0 saturated carbocycles. The van der Waals surface area contributed by atoms with Gasteiger partial charge in [0.05, 0.1) is 12.2 Å². The molecule has 0 spiro atoms. The number of nitrogens with zero attached hydrogens (tertiary/aromatic N) is 1. The Morgan fingerprint density at radius 2 is 2.14 bits per heavy atom. The molecule has 0 atom stereocenters. The van der Waals surface area contributed by atoms with E-state index in [0.29, 0.717) is 17.3 Å². The van der Waals surface area contributed by atoms with Crippen LogP contribution in [0.5, 0.6) is 0 Å². The van der Waals surface area contributed by atoms with E-state index in [-0.39, 0.29) is 17.5 Å². The fraction of sp³-hybridized carbons (Fsp3) is 0.214. The number of aliphatic carboxylic acids is 1. The Morgan fingerprint density at radius 3 is 2.76 bits per heavy atom. The molecule has 0 radical (unpaired) electrons. The molecule has 0 saturated heterocycles. The van der Waals surface area contributed by atoms with Crippen LogP contribution in [0, 0.1) is 6.92 Å². The average Bonchev–Trinajstić information content (AvgIpc) is 2.42. The van der Waals surface area contributed by atoms with Gasteiger partial charge in [0, 0.05) is 20.6 Å². The topological polar surface area (TPSA) is 83.0 Å². The maximum Gasteiger partial charge on any atom is 0.308 e. The first-order valence-electron chi connectivity index (χ1n) is 6.15. The normalized spacial score (nSPS) is 10.6. The van der Waals surface area contributed by atoms with Crippen molar-refractivity contribution in [1.29, 1.82) is 0 Å². The summed E-state index contributed by atoms with van der Waals surface area (Å²) in [5.74, 6) is -0.000362. The summed E-state index contributed by atoms with van der Waals surface area (Å²) >= 11 is 5.00. The molecule has 0 aliphatic rings. The van der Waals surface area contributed by atoms with Gasteiger partial charge in [-0.3, -0.25) is 9.59 Å². The Hall–Kier alpha value is -1.60. The lowest BCUT2D eigenvalue weighted by atomic mass is 10.2. The zero-order chi connectivity index (χ0) is 15.4. The number of thioether (sulfide) groups is 1. The summed E-state index contributed by atoms with van der Waals surface area (Å²) in [6.45, 7) is 1.65. The van der Waals surface area contributed by atoms with Crippen molar-refractivity contribution in [2.75, 3.05) is 0 Å². The molecule has 1 aromatic heterocycles. The summed E-state index contributed by atoms with van der Waals surface area (Å²) < 4.78 is 0.983. The van der Waals surface area contributed by atoms with Gasteiger partial charge >= 0.3 is 5.97 Å². The molecule has 5 nitrogen and oxygen atoms in total. The van der Waals surface area contributed by atoms with Crippen molar-refractivity contribution in [2.45, 2.75) is 24.0 Å². The van der Waals surface area contributed by atoms with Crippen LogP contribution in [0.1, 0.15) is 17.1 Å². The van der Waals surface area contributed by atoms with E-state index in [1.807, 2.05) is 24.3 Å². The maximum absolute atomic E-state index is 11.9. The largest absolute Gasteiger partial charge is 0.481 e. The molecule has 0 aliphatic heterocycles. The highest BCUT2D eigenvalue weighted by Crippen LogP contribution is 2.28. The molecule has 2 N–H and O–H groups in total. The van der Waals surface area contributed by atoms with Crippen LogP contribution in [0.2, 0.25) is 0 Å². The number of carbonyl (C=O) groups is 1. The van der Waals surface area contributed by atoms with E-state index in [1.54, 1.807) is 18.7 Å². The van der Waals surface area contributed by atoms with Crippen molar-refractivity contribution in [1.82, 2.24) is 9.97 Å². The van der Waals surface area contributed by atoms with Gasteiger partial charge in [-0.15, -0.1) is 11.8 Å². The molecule has 2 aromatic rings. The van der Waals surface area contributed by atoms with E-state index >= 15 is 0 Å². The van der Waals surface area contributed by atoms with Gasteiger partial charge in [-0.1, -0.05) is 12.1 Å². The molecular formula is C14H13BrN2O3S. The number of hydrogen-bond acceptors (Lipinski definition) is 4. The maximum atomic E-state index is 11.9. The summed E-state index contributed by atoms with van der Waals surface area (Å²) in [4.78, 5) is 30.6. The second-order valence-electron chi connectivity index (χ2n) is 4.37. The monoisotopic (exact) mass is 368 g/mol. The number of benzene rings is 1. The molecule has 21 heavy (non-hydrogen) atoms. The highest BCUT2D eigenvalue weighted by Gasteiger charge is 2.12. The lowest BCUT2D eigenvalue weighted by Crippen LogP contribution is -2.21. The number of aromatic amines is 1. The molecule has 0 amide bonds. The van der Waals surface area contributed by atoms with E-state index < -0.39 is 5.97 Å². The Morgan fingerprint density at radius 1 is 1.43 bits per heavy atom. The van der Waals surface area contributed by atoms with E-state index in [1.165, 1.54) is 0 Å². The number of carboxylic acids is 1. The third-order valence-corrected chi connectivity index (χ3v) is 4.84. The van der Waals surface area contributed by atoms with Crippen LogP contribution >= 0.6 is 27.7 Å². The standard InChI is InChI=1S/C14H13BrN2O3S/c1-8-9(6-13(18)19)14(20)17-12(16-8)7-21-11-5-3-2-4-10(11)15/h2-5H,6-7H2,1H3,(H,18,19)(H,16,17,20). The quantitative estimate of drug-likeness (QED) is 0.792. The Bertz CT molecular complexity index is 730. The van der Waals surface area contributed by atoms with Gasteiger partial charge < -0.3 is 10.1 Å². The van der Waals surface area contributed by atoms with Crippen molar-refractivity contribution in [3.05, 3.63) is 56.2 Å². The highest BCUT2D eigenvalue weighted by atomic mass is 79.9. The number of H-pyrrole nitrogens is 1. The Labute approximate surface area is 133 Å². The van der Waals surface area contributed by atoms with Gasteiger partial charge in [-0.2, -0.15) is 0 Å². The first-order valence-corrected chi connectivity index (χ1v) is 7.93. The minimum atomic E-state index is -1.04. The number of aromatic nitrogens is 2. The molecule has 1 heterocycles. The Kier molecular flexibility index (Phi) is 5.19. The molecule has 2 rings (SSSR count). The fourth-order valence-electron chi connectivity index (χ4n) is 1.80. The van der Waals surface area contributed by atoms with Crippen LogP contribution in [-0.2, 0) is 17.0 Å². The molecular weight excluding hydrogens is 356 g/mol. The SMILES string of the molecule is Cc1nc(CSc2ccccc2Br)[nH]c(=O)c1CC(=O)O. The summed E-state index contributed by atoms with van der Waals surface area (Å²) in [5, 5.41) is 8.78. The van der Waals surface area contributed by atoms with Crippen LogP contribution in [0.4, 0.5) is 0 Å². The molecule has 7 heteroatoms. The van der Waals surface area contributed by atoms with Crippen molar-refractivity contribution in [3.63, 3.8) is 0 Å². The predicted molar refractivity (Wildman–Crippen MR) is 84.6 cm³/mol. The molecule has 110 valence electrons. The van der Waals surface area contributed by atoms with Crippen LogP contribution in [0.3, 0.4) is 0 Å². The van der Waals surface area contributed by atoms with Gasteiger partial charge in [0.1, 0.15) is 5.82 Å². The first kappa shape index (κ1) is 15.8. The second kappa shape index (κ2) is 6.91. The smallest absolute Gasteiger partial charge is 0.308 e. The summed E-state index contributed by atoms with van der Waals surface area (Å²) in [6.07, 6.45) is -0.314. The molecule has 1 aromatic carbocycles. The average molecular weight is 369 g/mol. The number of carboxylic acid groups (broad SMARTS) is 1. The van der Waals surface area contributed by atoms with Gasteiger partial charge in [-0.05, 0) is 35.0 Å². The van der Waals surface area contributed by atoms with Gasteiger partial charge in [-0.25, -0.2) is 4.98 Å². The highest BCUT2D eigenvalue weighted by molar-refractivity contribution is 9.10. The zero-order valence-corrected chi connectivity index (χ0v) is 13.6. The fourth-order valence-corrected chi connectivity index (χ4v) is 3.24. The first-order chi connectivity index (χ1) is 9.97. The van der Waals surface area contributed by atoms with Crippen molar-refractivity contribution < 1.29 is 9.90 Å². The van der Waals surface area contributed by atoms with E-state index in [4.69, 9.17) is 5.11 Å². The lowest BCUT2D eigenvalue weighted by Gasteiger charge is -2.06. The van der Waals surface area contributed by atoms with Crippen molar-refractivity contribution in [2.24, 2.45) is 0 Å². The molecule has 0 aliphatic carbocycles. The van der Waals surface area contributed by atoms with Gasteiger partial charge in [0.15, 0.2) is 0 Å². The van der Waals surface area contributed by atoms with Crippen LogP contribution in [0.25, 0.3) is 0 Å². The van der Waals surface area contributed by atoms with Gasteiger partial charge in [0.25, 0.3) is 5.56 Å². The minimum absolute atomic E-state index is 0.206. The number of halogens is 1. The lowest BCUT2D eigenvalue weighted by molar-refractivity contribution is -0.136. The van der Waals surface area contributed by atoms with E-state index in [0.717, 1.165) is 9.37 Å². The third kappa shape index (κ3) is 4.18. The van der Waals surface area contributed by atoms with Crippen molar-refractivity contribution in [3.8, 4) is 0 Å². The van der Waals surface area contributed by atoms with E-state index in [2.05, 4.69) is 25.9 Å². The van der Waals surface area contributed by atoms with Crippen LogP contribution < -0.4 is 5.56 Å². The number of rotatable bonds is 5. The minimum Gasteiger partial charge on any atom is -0.481 e. The summed E-state index contributed by atoms with van der Waals surface area (Å²) in [7, 11) is 0. The van der Waals surface area contributed by atoms with Crippen LogP contribution in [0.15, 0.2) is 38.4 Å². The second-order valence-corrected chi connectivity index (χ2v) is 6.24.